The van der Waals surface area contributed by atoms with Crippen LogP contribution in [-0.4, -0.2) is 0 Å². The summed E-state index contributed by atoms with van der Waals surface area (Å²) in [5.41, 5.74) is 12.2. The number of nitrogens with two attached hydrogens (primary N) is 2. The molecule has 0 fully saturated rings. The van der Waals surface area contributed by atoms with Crippen molar-refractivity contribution in [2.24, 2.45) is 0 Å². The fraction of sp³-hybridized carbons (Fsp3) is 0. The summed E-state index contributed by atoms with van der Waals surface area (Å²) in [7, 11) is 0. The van der Waals surface area contributed by atoms with E-state index in [0.717, 1.165) is 11.4 Å². The van der Waals surface area contributed by atoms with Crippen molar-refractivity contribution in [3.8, 4) is 0 Å². The Bertz CT molecular complexity index is 150. The molecule has 1 aromatic carbocycles. The van der Waals surface area contributed by atoms with E-state index in [1.165, 1.54) is 0 Å². The fourth-order valence-electron chi connectivity index (χ4n) is 0.496. The van der Waals surface area contributed by atoms with Crippen molar-refractivity contribution in [2.45, 2.75) is 0 Å². The summed E-state index contributed by atoms with van der Waals surface area (Å²) in [5.74, 6) is 0. The van der Waals surface area contributed by atoms with Crippen LogP contribution in [0, 0.1) is 0 Å². The summed E-state index contributed by atoms with van der Waals surface area (Å²) in [5, 5.41) is 0. The number of rotatable bonds is 0. The van der Waals surface area contributed by atoms with Crippen LogP contribution in [0.25, 0.3) is 0 Å². The second-order valence-electron chi connectivity index (χ2n) is 1.67. The molecular weight excluding hydrogens is 119 g/mol. The van der Waals surface area contributed by atoms with Crippen LogP contribution in [0.5, 0.6) is 0 Å². The minimum atomic E-state index is 0. The van der Waals surface area contributed by atoms with Crippen LogP contribution in [0.3, 0.4) is 0 Å². The highest BCUT2D eigenvalue weighted by Crippen LogP contribution is 2.04. The summed E-state index contributed by atoms with van der Waals surface area (Å²) < 4.78 is 0. The van der Waals surface area contributed by atoms with Crippen molar-refractivity contribution in [1.82, 2.24) is 0 Å². The van der Waals surface area contributed by atoms with E-state index in [4.69, 9.17) is 11.5 Å². The number of benzene rings is 1. The van der Waals surface area contributed by atoms with Crippen molar-refractivity contribution >= 4 is 11.4 Å². The zero-order valence-electron chi connectivity index (χ0n) is 4.87. The zero-order chi connectivity index (χ0) is 5.98. The molecule has 3 heteroatoms. The largest absolute Gasteiger partial charge is 0.399 e. The van der Waals surface area contributed by atoms with E-state index < -0.39 is 0 Å². The average Bonchev–Trinajstić information content (AvgIpc) is 1.77. The van der Waals surface area contributed by atoms with Crippen molar-refractivity contribution in [3.05, 3.63) is 24.3 Å². The second-order valence-corrected chi connectivity index (χ2v) is 1.67. The van der Waals surface area contributed by atoms with Gasteiger partial charge >= 0.3 is 0 Å². The molecule has 2 nitrogen and oxygen atoms in total. The van der Waals surface area contributed by atoms with Crippen LogP contribution >= 0.6 is 0 Å². The molecule has 0 unspecified atom stereocenters. The SMILES string of the molecule is F.Nc1ccc(N)cc1. The molecule has 0 heterocycles. The van der Waals surface area contributed by atoms with Crippen molar-refractivity contribution < 1.29 is 4.70 Å². The van der Waals surface area contributed by atoms with Gasteiger partial charge in [0.1, 0.15) is 0 Å². The van der Waals surface area contributed by atoms with Crippen molar-refractivity contribution in [1.29, 1.82) is 0 Å². The molecule has 0 aliphatic rings. The van der Waals surface area contributed by atoms with Gasteiger partial charge in [0.2, 0.25) is 0 Å². The molecular formula is C6H9FN2. The quantitative estimate of drug-likeness (QED) is 0.512. The number of anilines is 2. The second kappa shape index (κ2) is 2.91. The number of hydrogen-bond donors (Lipinski definition) is 2. The number of halogens is 1. The van der Waals surface area contributed by atoms with E-state index >= 15 is 0 Å². The van der Waals surface area contributed by atoms with E-state index in [-0.39, 0.29) is 4.70 Å². The maximum Gasteiger partial charge on any atom is 0.0315 e. The van der Waals surface area contributed by atoms with Gasteiger partial charge in [0.05, 0.1) is 0 Å². The number of nitrogen functional groups attached to an aromatic ring is 2. The molecule has 0 spiro atoms. The summed E-state index contributed by atoms with van der Waals surface area (Å²) >= 11 is 0. The van der Waals surface area contributed by atoms with Crippen LogP contribution in [-0.2, 0) is 0 Å². The Hall–Kier alpha value is -1.25. The smallest absolute Gasteiger partial charge is 0.0315 e. The molecule has 1 rings (SSSR count). The molecule has 0 atom stereocenters. The standard InChI is InChI=1S/C6H8N2.FH/c7-5-1-2-6(8)4-3-5;/h1-4H,7-8H2;1H. The summed E-state index contributed by atoms with van der Waals surface area (Å²) in [6, 6.07) is 7.09. The van der Waals surface area contributed by atoms with Crippen molar-refractivity contribution in [3.63, 3.8) is 0 Å². The third kappa shape index (κ3) is 1.99. The molecule has 0 aromatic heterocycles. The van der Waals surface area contributed by atoms with Crippen molar-refractivity contribution in [2.75, 3.05) is 11.5 Å². The first kappa shape index (κ1) is 7.75. The molecule has 0 bridgehead atoms. The van der Waals surface area contributed by atoms with E-state index in [9.17, 15) is 0 Å². The molecule has 0 saturated heterocycles. The van der Waals surface area contributed by atoms with E-state index in [1.54, 1.807) is 24.3 Å². The van der Waals surface area contributed by atoms with E-state index in [0.29, 0.717) is 0 Å². The molecule has 0 saturated carbocycles. The molecule has 0 aliphatic heterocycles. The van der Waals surface area contributed by atoms with Gasteiger partial charge < -0.3 is 11.5 Å². The molecule has 50 valence electrons. The van der Waals surface area contributed by atoms with Crippen LogP contribution in [0.1, 0.15) is 0 Å². The zero-order valence-corrected chi connectivity index (χ0v) is 4.87. The van der Waals surface area contributed by atoms with Gasteiger partial charge in [0.25, 0.3) is 0 Å². The lowest BCUT2D eigenvalue weighted by Gasteiger charge is -1.90. The average molecular weight is 128 g/mol. The van der Waals surface area contributed by atoms with Crippen LogP contribution < -0.4 is 11.5 Å². The van der Waals surface area contributed by atoms with Crippen LogP contribution in [0.15, 0.2) is 24.3 Å². The summed E-state index contributed by atoms with van der Waals surface area (Å²) in [6.45, 7) is 0. The first-order valence-electron chi connectivity index (χ1n) is 2.40. The molecule has 0 aliphatic carbocycles. The first-order chi connectivity index (χ1) is 3.79. The van der Waals surface area contributed by atoms with Crippen LogP contribution in [0.4, 0.5) is 16.1 Å². The van der Waals surface area contributed by atoms with Gasteiger partial charge in [0.15, 0.2) is 0 Å². The lowest BCUT2D eigenvalue weighted by Crippen LogP contribution is -1.86. The molecule has 0 amide bonds. The third-order valence-electron chi connectivity index (χ3n) is 0.936. The first-order valence-corrected chi connectivity index (χ1v) is 2.40. The summed E-state index contributed by atoms with van der Waals surface area (Å²) in [4.78, 5) is 0. The predicted octanol–water partition coefficient (Wildman–Crippen LogP) is 1.00. The number of hydrogen-bond acceptors (Lipinski definition) is 2. The lowest BCUT2D eigenvalue weighted by atomic mass is 10.3. The van der Waals surface area contributed by atoms with Gasteiger partial charge in [-0.1, -0.05) is 0 Å². The Labute approximate surface area is 52.8 Å². The Kier molecular flexibility index (Phi) is 2.51. The highest BCUT2D eigenvalue weighted by atomic mass is 19.0. The molecule has 0 radical (unpaired) electrons. The minimum absolute atomic E-state index is 0. The Morgan fingerprint density at radius 1 is 0.778 bits per heavy atom. The summed E-state index contributed by atoms with van der Waals surface area (Å²) in [6.07, 6.45) is 0. The van der Waals surface area contributed by atoms with Gasteiger partial charge in [-0.2, -0.15) is 0 Å². The van der Waals surface area contributed by atoms with Gasteiger partial charge in [-0.05, 0) is 24.3 Å². The Morgan fingerprint density at radius 2 is 1.00 bits per heavy atom. The predicted molar refractivity (Wildman–Crippen MR) is 37.8 cm³/mol. The lowest BCUT2D eigenvalue weighted by molar-refractivity contribution is 1.11. The van der Waals surface area contributed by atoms with Gasteiger partial charge in [-0.15, -0.1) is 0 Å². The topological polar surface area (TPSA) is 52.0 Å². The van der Waals surface area contributed by atoms with Gasteiger partial charge in [-0.3, -0.25) is 4.70 Å². The maximum atomic E-state index is 5.37. The Morgan fingerprint density at radius 3 is 1.22 bits per heavy atom. The Balaban J connectivity index is 0.000000640. The minimum Gasteiger partial charge on any atom is -0.399 e. The maximum absolute atomic E-state index is 5.37. The molecule has 1 aromatic rings. The van der Waals surface area contributed by atoms with E-state index in [1.807, 2.05) is 0 Å². The highest BCUT2D eigenvalue weighted by Gasteiger charge is 1.80. The highest BCUT2D eigenvalue weighted by molar-refractivity contribution is 5.47. The van der Waals surface area contributed by atoms with Gasteiger partial charge in [0, 0.05) is 11.4 Å². The van der Waals surface area contributed by atoms with Gasteiger partial charge in [-0.25, -0.2) is 0 Å². The fourth-order valence-corrected chi connectivity index (χ4v) is 0.496. The molecule has 4 N–H and O–H groups in total. The monoisotopic (exact) mass is 128 g/mol. The molecule has 9 heavy (non-hydrogen) atoms. The normalized spacial score (nSPS) is 8.00. The van der Waals surface area contributed by atoms with Crippen LogP contribution in [0.2, 0.25) is 0 Å². The van der Waals surface area contributed by atoms with E-state index in [2.05, 4.69) is 0 Å². The third-order valence-corrected chi connectivity index (χ3v) is 0.936.